The van der Waals surface area contributed by atoms with Crippen LogP contribution in [0, 0.1) is 6.07 Å². The zero-order chi connectivity index (χ0) is 10.8. The molecule has 14 heavy (non-hydrogen) atoms. The molecule has 1 heteroatoms. The van der Waals surface area contributed by atoms with Crippen molar-refractivity contribution in [1.29, 1.82) is 0 Å². The Balaban J connectivity index is 3.14. The first-order valence-electron chi connectivity index (χ1n) is 4.64. The Morgan fingerprint density at radius 2 is 2.14 bits per heavy atom. The van der Waals surface area contributed by atoms with Gasteiger partial charge in [-0.3, -0.25) is 4.79 Å². The fourth-order valence-electron chi connectivity index (χ4n) is 1.19. The quantitative estimate of drug-likeness (QED) is 0.513. The normalized spacial score (nSPS) is 11.1. The van der Waals surface area contributed by atoms with E-state index in [9.17, 15) is 4.79 Å². The van der Waals surface area contributed by atoms with Crippen molar-refractivity contribution >= 4 is 5.78 Å². The molecule has 0 saturated carbocycles. The maximum Gasteiger partial charge on any atom is 0.185 e. The summed E-state index contributed by atoms with van der Waals surface area (Å²) in [6, 6.07) is 8.56. The molecule has 1 aromatic carbocycles. The molecule has 0 saturated heterocycles. The van der Waals surface area contributed by atoms with E-state index in [-0.39, 0.29) is 11.2 Å². The fraction of sp³-hybridized carbons (Fsp3) is 0.308. The molecule has 0 aliphatic rings. The zero-order valence-corrected chi connectivity index (χ0v) is 8.92. The van der Waals surface area contributed by atoms with Gasteiger partial charge in [0.15, 0.2) is 5.78 Å². The van der Waals surface area contributed by atoms with Crippen molar-refractivity contribution < 1.29 is 4.79 Å². The summed E-state index contributed by atoms with van der Waals surface area (Å²) in [5.74, 6) is -0.0731. The molecule has 0 atom stereocenters. The Hall–Kier alpha value is -1.37. The van der Waals surface area contributed by atoms with Crippen LogP contribution in [0.4, 0.5) is 0 Å². The molecule has 1 aromatic rings. The highest BCUT2D eigenvalue weighted by molar-refractivity contribution is 6.04. The Morgan fingerprint density at radius 3 is 2.64 bits per heavy atom. The smallest absolute Gasteiger partial charge is 0.185 e. The van der Waals surface area contributed by atoms with Crippen LogP contribution < -0.4 is 0 Å². The van der Waals surface area contributed by atoms with Crippen LogP contribution in [0.5, 0.6) is 0 Å². The summed E-state index contributed by atoms with van der Waals surface area (Å²) >= 11 is 0. The lowest BCUT2D eigenvalue weighted by Gasteiger charge is -2.19. The first-order valence-corrected chi connectivity index (χ1v) is 4.64. The average Bonchev–Trinajstić information content (AvgIpc) is 2.15. The molecule has 0 fully saturated rings. The number of benzene rings is 1. The summed E-state index contributed by atoms with van der Waals surface area (Å²) in [6.07, 6.45) is 1.32. The lowest BCUT2D eigenvalue weighted by molar-refractivity contribution is 0.104. The first-order chi connectivity index (χ1) is 6.45. The van der Waals surface area contributed by atoms with Crippen LogP contribution >= 0.6 is 0 Å². The number of hydrogen-bond acceptors (Lipinski definition) is 1. The third-order valence-electron chi connectivity index (χ3n) is 2.12. The number of hydrogen-bond donors (Lipinski definition) is 0. The van der Waals surface area contributed by atoms with Crippen LogP contribution in [-0.4, -0.2) is 5.78 Å². The summed E-state index contributed by atoms with van der Waals surface area (Å²) in [7, 11) is 0. The van der Waals surface area contributed by atoms with Gasteiger partial charge in [-0.2, -0.15) is 0 Å². The van der Waals surface area contributed by atoms with Gasteiger partial charge in [-0.05, 0) is 29.2 Å². The molecule has 0 aromatic heterocycles. The van der Waals surface area contributed by atoms with E-state index in [1.807, 2.05) is 12.1 Å². The number of ketones is 1. The largest absolute Gasteiger partial charge is 0.289 e. The van der Waals surface area contributed by atoms with Gasteiger partial charge < -0.3 is 0 Å². The standard InChI is InChI=1S/C13H15O/c1-5-12(14)10-7-6-8-11(9-10)13(2,3)4/h5-6,8-9H,1H2,2-4H3. The topological polar surface area (TPSA) is 17.1 Å². The molecule has 1 nitrogen and oxygen atoms in total. The van der Waals surface area contributed by atoms with Gasteiger partial charge in [0.25, 0.3) is 0 Å². The zero-order valence-electron chi connectivity index (χ0n) is 8.92. The highest BCUT2D eigenvalue weighted by Gasteiger charge is 2.14. The van der Waals surface area contributed by atoms with Crippen LogP contribution in [0.2, 0.25) is 0 Å². The lowest BCUT2D eigenvalue weighted by Crippen LogP contribution is -2.11. The monoisotopic (exact) mass is 187 g/mol. The van der Waals surface area contributed by atoms with Crippen LogP contribution in [0.25, 0.3) is 0 Å². The minimum Gasteiger partial charge on any atom is -0.289 e. The highest BCUT2D eigenvalue weighted by atomic mass is 16.1. The molecule has 73 valence electrons. The molecule has 0 N–H and O–H groups in total. The molecule has 1 rings (SSSR count). The van der Waals surface area contributed by atoms with Crippen LogP contribution in [-0.2, 0) is 5.41 Å². The second-order valence-corrected chi connectivity index (χ2v) is 4.31. The minimum atomic E-state index is -0.0731. The van der Waals surface area contributed by atoms with E-state index in [4.69, 9.17) is 0 Å². The van der Waals surface area contributed by atoms with Gasteiger partial charge >= 0.3 is 0 Å². The molecule has 0 unspecified atom stereocenters. The Kier molecular flexibility index (Phi) is 2.90. The molecule has 0 bridgehead atoms. The minimum absolute atomic E-state index is 0.0608. The maximum absolute atomic E-state index is 11.3. The van der Waals surface area contributed by atoms with E-state index in [0.29, 0.717) is 5.56 Å². The Morgan fingerprint density at radius 1 is 1.50 bits per heavy atom. The van der Waals surface area contributed by atoms with Crippen molar-refractivity contribution in [2.75, 3.05) is 0 Å². The van der Waals surface area contributed by atoms with Gasteiger partial charge in [0.2, 0.25) is 0 Å². The summed E-state index contributed by atoms with van der Waals surface area (Å²) < 4.78 is 0. The van der Waals surface area contributed by atoms with Crippen molar-refractivity contribution in [3.8, 4) is 0 Å². The molecule has 0 aliphatic heterocycles. The van der Waals surface area contributed by atoms with E-state index in [2.05, 4.69) is 33.4 Å². The molecule has 1 radical (unpaired) electrons. The van der Waals surface area contributed by atoms with Crippen molar-refractivity contribution in [3.05, 3.63) is 48.0 Å². The van der Waals surface area contributed by atoms with Crippen LogP contribution in [0.1, 0.15) is 36.7 Å². The van der Waals surface area contributed by atoms with Crippen molar-refractivity contribution in [3.63, 3.8) is 0 Å². The molecule has 0 aliphatic carbocycles. The summed E-state index contributed by atoms with van der Waals surface area (Å²) in [5, 5.41) is 0. The molecular formula is C13H15O. The second-order valence-electron chi connectivity index (χ2n) is 4.31. The number of carbonyl (C=O) groups is 1. The number of carbonyl (C=O) groups excluding carboxylic acids is 1. The summed E-state index contributed by atoms with van der Waals surface area (Å²) in [5.41, 5.74) is 1.79. The van der Waals surface area contributed by atoms with Gasteiger partial charge in [0, 0.05) is 5.56 Å². The van der Waals surface area contributed by atoms with Crippen molar-refractivity contribution in [1.82, 2.24) is 0 Å². The molecule has 0 amide bonds. The van der Waals surface area contributed by atoms with Gasteiger partial charge in [-0.1, -0.05) is 39.5 Å². The SMILES string of the molecule is C=CC(=O)c1[c]ccc(C(C)(C)C)c1. The van der Waals surface area contributed by atoms with E-state index in [1.165, 1.54) is 6.08 Å². The first kappa shape index (κ1) is 10.7. The van der Waals surface area contributed by atoms with E-state index in [0.717, 1.165) is 5.56 Å². The summed E-state index contributed by atoms with van der Waals surface area (Å²) in [6.45, 7) is 9.81. The van der Waals surface area contributed by atoms with Crippen LogP contribution in [0.3, 0.4) is 0 Å². The van der Waals surface area contributed by atoms with Gasteiger partial charge in [-0.25, -0.2) is 0 Å². The Bertz CT molecular complexity index is 356. The number of rotatable bonds is 2. The van der Waals surface area contributed by atoms with E-state index in [1.54, 1.807) is 6.07 Å². The third kappa shape index (κ3) is 2.32. The molecule has 0 spiro atoms. The fourth-order valence-corrected chi connectivity index (χ4v) is 1.19. The van der Waals surface area contributed by atoms with Crippen molar-refractivity contribution in [2.24, 2.45) is 0 Å². The third-order valence-corrected chi connectivity index (χ3v) is 2.12. The van der Waals surface area contributed by atoms with Crippen molar-refractivity contribution in [2.45, 2.75) is 26.2 Å². The number of allylic oxidation sites excluding steroid dienone is 1. The predicted octanol–water partition coefficient (Wildman–Crippen LogP) is 3.15. The van der Waals surface area contributed by atoms with Gasteiger partial charge in [0.05, 0.1) is 0 Å². The van der Waals surface area contributed by atoms with Gasteiger partial charge in [-0.15, -0.1) is 0 Å². The predicted molar refractivity (Wildman–Crippen MR) is 58.5 cm³/mol. The Labute approximate surface area is 85.5 Å². The molecular weight excluding hydrogens is 172 g/mol. The van der Waals surface area contributed by atoms with Gasteiger partial charge in [0.1, 0.15) is 0 Å². The summed E-state index contributed by atoms with van der Waals surface area (Å²) in [4.78, 5) is 11.3. The lowest BCUT2D eigenvalue weighted by atomic mass is 9.86. The second kappa shape index (κ2) is 3.79. The van der Waals surface area contributed by atoms with E-state index < -0.39 is 0 Å². The van der Waals surface area contributed by atoms with Crippen LogP contribution in [0.15, 0.2) is 30.9 Å². The maximum atomic E-state index is 11.3. The average molecular weight is 187 g/mol. The highest BCUT2D eigenvalue weighted by Crippen LogP contribution is 2.22. The van der Waals surface area contributed by atoms with E-state index >= 15 is 0 Å². The molecule has 0 heterocycles.